The summed E-state index contributed by atoms with van der Waals surface area (Å²) in [6.45, 7) is 7.25. The van der Waals surface area contributed by atoms with Gasteiger partial charge in [-0.15, -0.1) is 0 Å². The minimum Gasteiger partial charge on any atom is -0.481 e. The molecule has 0 unspecified atom stereocenters. The third kappa shape index (κ3) is 5.70. The number of aliphatic carboxylic acids is 1. The van der Waals surface area contributed by atoms with Crippen LogP contribution in [-0.2, 0) is 11.2 Å². The van der Waals surface area contributed by atoms with Crippen LogP contribution in [0.2, 0.25) is 0 Å². The summed E-state index contributed by atoms with van der Waals surface area (Å²) in [5, 5.41) is 20.2. The van der Waals surface area contributed by atoms with Gasteiger partial charge in [-0.25, -0.2) is 0 Å². The first kappa shape index (κ1) is 20.2. The van der Waals surface area contributed by atoms with E-state index in [9.17, 15) is 9.90 Å². The first-order chi connectivity index (χ1) is 12.2. The molecule has 0 amide bonds. The Morgan fingerprint density at radius 1 is 1.15 bits per heavy atom. The number of hydrogen-bond donors (Lipinski definition) is 2. The van der Waals surface area contributed by atoms with Crippen molar-refractivity contribution in [2.45, 2.75) is 65.4 Å². The first-order valence-corrected chi connectivity index (χ1v) is 9.31. The van der Waals surface area contributed by atoms with Crippen LogP contribution < -0.4 is 0 Å². The zero-order chi connectivity index (χ0) is 19.3. The molecule has 3 heteroatoms. The Kier molecular flexibility index (Phi) is 6.60. The minimum atomic E-state index is -0.758. The van der Waals surface area contributed by atoms with Crippen molar-refractivity contribution in [1.29, 1.82) is 0 Å². The highest BCUT2D eigenvalue weighted by Gasteiger charge is 2.18. The Hall–Kier alpha value is -2.13. The summed E-state index contributed by atoms with van der Waals surface area (Å²) in [4.78, 5) is 11.3. The van der Waals surface area contributed by atoms with Crippen molar-refractivity contribution in [3.05, 3.63) is 53.1 Å². The van der Waals surface area contributed by atoms with Gasteiger partial charge in [-0.1, -0.05) is 36.4 Å². The summed E-state index contributed by atoms with van der Waals surface area (Å²) in [5.41, 5.74) is 4.07. The minimum absolute atomic E-state index is 0.101. The molecule has 0 saturated carbocycles. The fourth-order valence-corrected chi connectivity index (χ4v) is 3.34. The molecule has 0 bridgehead atoms. The molecule has 0 atom stereocenters. The van der Waals surface area contributed by atoms with Crippen molar-refractivity contribution >= 4 is 22.3 Å². The number of carboxylic acid groups (broad SMARTS) is 1. The van der Waals surface area contributed by atoms with E-state index in [4.69, 9.17) is 5.11 Å². The third-order valence-electron chi connectivity index (χ3n) is 4.32. The lowest BCUT2D eigenvalue weighted by Gasteiger charge is -2.20. The second kappa shape index (κ2) is 8.50. The van der Waals surface area contributed by atoms with E-state index in [0.717, 1.165) is 24.0 Å². The summed E-state index contributed by atoms with van der Waals surface area (Å²) in [7, 11) is 0. The van der Waals surface area contributed by atoms with Crippen molar-refractivity contribution in [2.75, 3.05) is 0 Å². The maximum atomic E-state index is 11.3. The number of aryl methyl sites for hydroxylation is 1. The Balaban J connectivity index is 0.000000431. The predicted molar refractivity (Wildman–Crippen MR) is 108 cm³/mol. The lowest BCUT2D eigenvalue weighted by atomic mass is 9.84. The Morgan fingerprint density at radius 3 is 2.38 bits per heavy atom. The van der Waals surface area contributed by atoms with Gasteiger partial charge in [-0.05, 0) is 86.4 Å². The molecule has 0 radical (unpaired) electrons. The zero-order valence-corrected chi connectivity index (χ0v) is 16.3. The fourth-order valence-electron chi connectivity index (χ4n) is 3.34. The Bertz CT molecular complexity index is 804. The molecule has 0 fully saturated rings. The highest BCUT2D eigenvalue weighted by molar-refractivity contribution is 5.97. The normalized spacial score (nSPS) is 14.4. The van der Waals surface area contributed by atoms with Crippen LogP contribution in [0.5, 0.6) is 0 Å². The second-order valence-corrected chi connectivity index (χ2v) is 7.98. The van der Waals surface area contributed by atoms with Gasteiger partial charge in [0, 0.05) is 0 Å². The average molecular weight is 354 g/mol. The molecule has 3 nitrogen and oxygen atoms in total. The van der Waals surface area contributed by atoms with Crippen molar-refractivity contribution in [3.8, 4) is 0 Å². The van der Waals surface area contributed by atoms with Gasteiger partial charge in [0.25, 0.3) is 0 Å². The summed E-state index contributed by atoms with van der Waals surface area (Å²) in [6, 6.07) is 10.4. The fraction of sp³-hybridized carbons (Fsp3) is 0.435. The number of benzene rings is 2. The molecule has 3 rings (SSSR count). The summed E-state index contributed by atoms with van der Waals surface area (Å²) >= 11 is 0. The van der Waals surface area contributed by atoms with Gasteiger partial charge < -0.3 is 10.2 Å². The van der Waals surface area contributed by atoms with Crippen LogP contribution in [0, 0.1) is 6.92 Å². The number of rotatable bonds is 3. The van der Waals surface area contributed by atoms with E-state index in [2.05, 4.69) is 24.3 Å². The summed E-state index contributed by atoms with van der Waals surface area (Å²) in [5.74, 6) is -0.758. The lowest BCUT2D eigenvalue weighted by Crippen LogP contribution is -2.10. The summed E-state index contributed by atoms with van der Waals surface area (Å²) < 4.78 is 0. The molecule has 2 N–H and O–H groups in total. The zero-order valence-electron chi connectivity index (χ0n) is 16.3. The van der Waals surface area contributed by atoms with Gasteiger partial charge in [0.05, 0.1) is 12.0 Å². The van der Waals surface area contributed by atoms with Crippen molar-refractivity contribution < 1.29 is 15.0 Å². The van der Waals surface area contributed by atoms with Gasteiger partial charge in [0.2, 0.25) is 0 Å². The van der Waals surface area contributed by atoms with Gasteiger partial charge in [0.1, 0.15) is 0 Å². The predicted octanol–water partition coefficient (Wildman–Crippen LogP) is 5.51. The number of carboxylic acids is 1. The SMILES string of the molecule is CC(C)(C)O.Cc1cc2ccccc2c(C2=CCCCC2)c1CC(=O)O. The van der Waals surface area contributed by atoms with E-state index in [1.807, 2.05) is 19.1 Å². The van der Waals surface area contributed by atoms with Crippen molar-refractivity contribution in [1.82, 2.24) is 0 Å². The van der Waals surface area contributed by atoms with Gasteiger partial charge in [-0.3, -0.25) is 4.79 Å². The standard InChI is InChI=1S/C19H20O2.C4H10O/c1-13-11-15-9-5-6-10-16(15)19(17(13)12-18(20)21)14-7-3-2-4-8-14;1-4(2,3)5/h5-7,9-11H,2-4,8,12H2,1H3,(H,20,21);5H,1-3H3. The van der Waals surface area contributed by atoms with Gasteiger partial charge >= 0.3 is 5.97 Å². The highest BCUT2D eigenvalue weighted by Crippen LogP contribution is 2.36. The second-order valence-electron chi connectivity index (χ2n) is 7.98. The number of fused-ring (bicyclic) bond motifs is 1. The average Bonchev–Trinajstić information content (AvgIpc) is 2.54. The van der Waals surface area contributed by atoms with Crippen LogP contribution in [0.25, 0.3) is 16.3 Å². The number of carbonyl (C=O) groups is 1. The first-order valence-electron chi connectivity index (χ1n) is 9.31. The van der Waals surface area contributed by atoms with E-state index in [-0.39, 0.29) is 6.42 Å². The molecule has 140 valence electrons. The Labute approximate surface area is 156 Å². The van der Waals surface area contributed by atoms with E-state index >= 15 is 0 Å². The maximum Gasteiger partial charge on any atom is 0.307 e. The van der Waals surface area contributed by atoms with Crippen molar-refractivity contribution in [3.63, 3.8) is 0 Å². The van der Waals surface area contributed by atoms with Gasteiger partial charge in [-0.2, -0.15) is 0 Å². The van der Waals surface area contributed by atoms with E-state index in [1.165, 1.54) is 34.8 Å². The molecule has 1 aliphatic rings. The Morgan fingerprint density at radius 2 is 1.81 bits per heavy atom. The van der Waals surface area contributed by atoms with E-state index in [1.54, 1.807) is 20.8 Å². The molecule has 1 aliphatic carbocycles. The largest absolute Gasteiger partial charge is 0.481 e. The topological polar surface area (TPSA) is 57.5 Å². The van der Waals surface area contributed by atoms with E-state index in [0.29, 0.717) is 0 Å². The van der Waals surface area contributed by atoms with E-state index < -0.39 is 11.6 Å². The van der Waals surface area contributed by atoms with Crippen LogP contribution in [0.3, 0.4) is 0 Å². The monoisotopic (exact) mass is 354 g/mol. The molecule has 2 aromatic carbocycles. The van der Waals surface area contributed by atoms with Crippen molar-refractivity contribution in [2.24, 2.45) is 0 Å². The van der Waals surface area contributed by atoms with Crippen LogP contribution >= 0.6 is 0 Å². The summed E-state index contributed by atoms with van der Waals surface area (Å²) in [6.07, 6.45) is 6.99. The number of hydrogen-bond acceptors (Lipinski definition) is 2. The van der Waals surface area contributed by atoms with Crippen LogP contribution in [0.1, 0.15) is 63.1 Å². The molecule has 0 aliphatic heterocycles. The highest BCUT2D eigenvalue weighted by atomic mass is 16.4. The molecule has 0 saturated heterocycles. The quantitative estimate of drug-likeness (QED) is 0.764. The van der Waals surface area contributed by atoms with Gasteiger partial charge in [0.15, 0.2) is 0 Å². The van der Waals surface area contributed by atoms with Crippen LogP contribution in [-0.4, -0.2) is 21.8 Å². The molecule has 0 aromatic heterocycles. The molecule has 2 aromatic rings. The third-order valence-corrected chi connectivity index (χ3v) is 4.32. The smallest absolute Gasteiger partial charge is 0.307 e. The number of aliphatic hydroxyl groups is 1. The lowest BCUT2D eigenvalue weighted by molar-refractivity contribution is -0.136. The molecular formula is C23H30O3. The van der Waals surface area contributed by atoms with Crippen LogP contribution in [0.4, 0.5) is 0 Å². The number of allylic oxidation sites excluding steroid dienone is 2. The molecular weight excluding hydrogens is 324 g/mol. The maximum absolute atomic E-state index is 11.3. The molecule has 0 spiro atoms. The molecule has 26 heavy (non-hydrogen) atoms. The molecule has 0 heterocycles. The van der Waals surface area contributed by atoms with Crippen LogP contribution in [0.15, 0.2) is 36.4 Å².